The standard InChI is InChI=1S/C40H38F5N3O3S/c1-51-22-21-46-19-17-32(18-20-46)47(24-27-9-11-28(12-10-27)29-13-15-31(16-14-29)40(43,44)45)37(50)25-48-35-8-3-2-6-33(35)36(49)23-38(48)52-26-30-5-4-7-34(41)39(30)42/h2-16,23,32H,17-22,24-26H2,1H3/i17D2,18D2,19D2,20D2,21D2,24D2,32D. The second-order valence-corrected chi connectivity index (χ2v) is 12.2. The minimum Gasteiger partial charge on any atom is -0.383 e. The van der Waals surface area contributed by atoms with Crippen LogP contribution in [-0.2, 0) is 34.5 Å². The number of piperidine rings is 1. The van der Waals surface area contributed by atoms with E-state index in [-0.39, 0.29) is 43.3 Å². The van der Waals surface area contributed by atoms with Gasteiger partial charge in [-0.1, -0.05) is 60.7 Å². The van der Waals surface area contributed by atoms with E-state index in [4.69, 9.17) is 13.0 Å². The topological polar surface area (TPSA) is 54.8 Å². The first-order valence-electron chi connectivity index (χ1n) is 22.0. The van der Waals surface area contributed by atoms with E-state index in [1.54, 1.807) is 0 Å². The number of ether oxygens (including phenoxy) is 1. The maximum absolute atomic E-state index is 15.2. The van der Waals surface area contributed by atoms with E-state index in [2.05, 4.69) is 0 Å². The van der Waals surface area contributed by atoms with Crippen molar-refractivity contribution in [2.24, 2.45) is 0 Å². The molecule has 1 aliphatic rings. The molecule has 1 aliphatic heterocycles. The zero-order valence-corrected chi connectivity index (χ0v) is 28.0. The summed E-state index contributed by atoms with van der Waals surface area (Å²) in [5.74, 6) is -4.49. The van der Waals surface area contributed by atoms with Crippen molar-refractivity contribution in [2.75, 3.05) is 33.2 Å². The van der Waals surface area contributed by atoms with Crippen LogP contribution in [0.25, 0.3) is 22.0 Å². The van der Waals surface area contributed by atoms with Gasteiger partial charge in [-0.3, -0.25) is 9.59 Å². The molecule has 0 N–H and O–H groups in total. The number of pyridine rings is 1. The van der Waals surface area contributed by atoms with Gasteiger partial charge in [0.25, 0.3) is 0 Å². The Kier molecular flexibility index (Phi) is 7.56. The number of nitrogens with zero attached hydrogens (tertiary/aromatic N) is 3. The highest BCUT2D eigenvalue weighted by atomic mass is 32.2. The Bertz CT molecular complexity index is 2640. The molecule has 0 aliphatic carbocycles. The predicted octanol–water partition coefficient (Wildman–Crippen LogP) is 8.40. The third kappa shape index (κ3) is 8.74. The molecule has 0 unspecified atom stereocenters. The molecule has 6 nitrogen and oxygen atoms in total. The van der Waals surface area contributed by atoms with Crippen molar-refractivity contribution in [3.05, 3.63) is 136 Å². The van der Waals surface area contributed by atoms with Gasteiger partial charge in [-0.2, -0.15) is 13.2 Å². The maximum Gasteiger partial charge on any atom is 0.416 e. The summed E-state index contributed by atoms with van der Waals surface area (Å²) in [6.07, 6.45) is -13.2. The van der Waals surface area contributed by atoms with Crippen LogP contribution in [0.1, 0.15) is 47.3 Å². The Morgan fingerprint density at radius 3 is 2.33 bits per heavy atom. The maximum atomic E-state index is 15.2. The lowest BCUT2D eigenvalue weighted by Crippen LogP contribution is -2.48. The summed E-state index contributed by atoms with van der Waals surface area (Å²) in [6, 6.07) is 13.8. The largest absolute Gasteiger partial charge is 0.416 e. The molecule has 0 spiro atoms. The number of benzene rings is 4. The second-order valence-electron chi connectivity index (χ2n) is 11.2. The van der Waals surface area contributed by atoms with Crippen molar-refractivity contribution in [1.29, 1.82) is 0 Å². The Hall–Kier alpha value is -4.52. The zero-order chi connectivity index (χ0) is 48.5. The lowest BCUT2D eigenvalue weighted by molar-refractivity contribution is -0.137. The number of amides is 1. The lowest BCUT2D eigenvalue weighted by atomic mass is 10.00. The average molecular weight is 749 g/mol. The normalized spacial score (nSPS) is 22.9. The lowest BCUT2D eigenvalue weighted by Gasteiger charge is -2.39. The van der Waals surface area contributed by atoms with E-state index in [0.717, 1.165) is 60.2 Å². The molecule has 12 heteroatoms. The van der Waals surface area contributed by atoms with Gasteiger partial charge in [0.05, 0.1) is 26.8 Å². The van der Waals surface area contributed by atoms with Crippen molar-refractivity contribution in [3.63, 3.8) is 0 Å². The van der Waals surface area contributed by atoms with Gasteiger partial charge in [0.2, 0.25) is 5.91 Å². The van der Waals surface area contributed by atoms with Crippen molar-refractivity contribution in [2.45, 2.75) is 48.8 Å². The molecule has 0 saturated carbocycles. The number of hydrogen-bond donors (Lipinski definition) is 0. The molecule has 4 aromatic carbocycles. The molecule has 0 radical (unpaired) electrons. The number of rotatable bonds is 12. The Morgan fingerprint density at radius 1 is 0.981 bits per heavy atom. The molecule has 1 aromatic heterocycles. The number of methoxy groups -OCH3 is 1. The smallest absolute Gasteiger partial charge is 0.383 e. The van der Waals surface area contributed by atoms with Gasteiger partial charge >= 0.3 is 6.18 Å². The van der Waals surface area contributed by atoms with E-state index in [0.29, 0.717) is 11.8 Å². The number of halogens is 5. The fraction of sp³-hybridized carbons (Fsp3) is 0.300. The SMILES string of the molecule is [2H]C([2H])(COC)N1C([2H])([2H])C([2H])([2H])C([2H])(N(C(=O)Cn2c(SCc3cccc(F)c3F)cc(=O)c3ccccc32)C([2H])([2H])c2ccc(-c3ccc(C(F)(F)F)cc3)cc2)C([2H])([2H])C1([2H])[2H]. The van der Waals surface area contributed by atoms with Gasteiger partial charge in [-0.05, 0) is 59.8 Å². The van der Waals surface area contributed by atoms with Gasteiger partial charge in [0.15, 0.2) is 17.1 Å². The van der Waals surface area contributed by atoms with Crippen molar-refractivity contribution < 1.29 is 49.3 Å². The van der Waals surface area contributed by atoms with Crippen molar-refractivity contribution in [1.82, 2.24) is 14.4 Å². The number of alkyl halides is 3. The summed E-state index contributed by atoms with van der Waals surface area (Å²) in [5.41, 5.74) is -2.06. The highest BCUT2D eigenvalue weighted by Gasteiger charge is 2.31. The summed E-state index contributed by atoms with van der Waals surface area (Å²) in [7, 11) is 0.949. The number of aromatic nitrogens is 1. The molecule has 5 aromatic rings. The quantitative estimate of drug-likeness (QED) is 0.0949. The van der Waals surface area contributed by atoms with Gasteiger partial charge in [0, 0.05) is 75.6 Å². The number of fused-ring (bicyclic) bond motifs is 1. The van der Waals surface area contributed by atoms with Gasteiger partial charge < -0.3 is 19.1 Å². The summed E-state index contributed by atoms with van der Waals surface area (Å²) in [5, 5.41) is -0.187. The van der Waals surface area contributed by atoms with Gasteiger partial charge in [-0.25, -0.2) is 8.78 Å². The first-order valence-corrected chi connectivity index (χ1v) is 16.5. The third-order valence-electron chi connectivity index (χ3n) is 7.76. The Morgan fingerprint density at radius 2 is 1.65 bits per heavy atom. The fourth-order valence-electron chi connectivity index (χ4n) is 5.16. The van der Waals surface area contributed by atoms with E-state index in [1.807, 2.05) is 0 Å². The van der Waals surface area contributed by atoms with Crippen molar-refractivity contribution in [3.8, 4) is 11.1 Å². The molecular weight excluding hydrogens is 698 g/mol. The van der Waals surface area contributed by atoms with Crippen LogP contribution in [0, 0.1) is 11.6 Å². The summed E-state index contributed by atoms with van der Waals surface area (Å²) >= 11 is 0.707. The molecule has 6 rings (SSSR count). The van der Waals surface area contributed by atoms with Crippen LogP contribution >= 0.6 is 11.8 Å². The van der Waals surface area contributed by atoms with Crippen LogP contribution in [0.2, 0.25) is 0 Å². The molecule has 272 valence electrons. The average Bonchev–Trinajstić information content (AvgIpc) is 3.21. The Balaban J connectivity index is 1.57. The number of para-hydroxylation sites is 1. The van der Waals surface area contributed by atoms with Crippen molar-refractivity contribution >= 4 is 28.6 Å². The first-order chi connectivity index (χ1) is 29.9. The molecule has 0 atom stereocenters. The van der Waals surface area contributed by atoms with Crippen LogP contribution in [0.3, 0.4) is 0 Å². The van der Waals surface area contributed by atoms with Crippen LogP contribution in [0.4, 0.5) is 22.0 Å². The summed E-state index contributed by atoms with van der Waals surface area (Å²) in [6.45, 7) is -17.6. The zero-order valence-electron chi connectivity index (χ0n) is 40.2. The minimum atomic E-state index is -4.66. The van der Waals surface area contributed by atoms with E-state index >= 15 is 4.79 Å². The fourth-order valence-corrected chi connectivity index (χ4v) is 6.20. The third-order valence-corrected chi connectivity index (χ3v) is 8.85. The summed E-state index contributed by atoms with van der Waals surface area (Å²) < 4.78 is 193. The molecule has 0 bridgehead atoms. The van der Waals surface area contributed by atoms with Crippen LogP contribution in [-0.4, -0.2) is 59.5 Å². The number of likely N-dealkylation sites (tertiary alicyclic amines) is 1. The van der Waals surface area contributed by atoms with Crippen LogP contribution in [0.15, 0.2) is 107 Å². The second kappa shape index (κ2) is 16.4. The highest BCUT2D eigenvalue weighted by Crippen LogP contribution is 2.32. The van der Waals surface area contributed by atoms with Gasteiger partial charge in [-0.15, -0.1) is 11.8 Å². The molecule has 52 heavy (non-hydrogen) atoms. The van der Waals surface area contributed by atoms with E-state index < -0.39 is 103 Å². The number of hydrogen-bond acceptors (Lipinski definition) is 5. The number of carbonyl (C=O) groups excluding carboxylic acids is 1. The van der Waals surface area contributed by atoms with E-state index in [9.17, 15) is 36.3 Å². The first kappa shape index (κ1) is 23.9. The van der Waals surface area contributed by atoms with Crippen LogP contribution < -0.4 is 5.43 Å². The summed E-state index contributed by atoms with van der Waals surface area (Å²) in [4.78, 5) is 27.9. The molecule has 2 heterocycles. The Labute approximate surface area is 321 Å². The molecular formula is C40H38F5N3O3S. The monoisotopic (exact) mass is 748 g/mol. The van der Waals surface area contributed by atoms with Gasteiger partial charge in [0.1, 0.15) is 6.54 Å². The molecule has 1 fully saturated rings. The number of carbonyl (C=O) groups is 1. The van der Waals surface area contributed by atoms with E-state index in [1.165, 1.54) is 48.5 Å². The molecule has 1 saturated heterocycles. The van der Waals surface area contributed by atoms with Crippen LogP contribution in [0.5, 0.6) is 0 Å². The predicted molar refractivity (Wildman–Crippen MR) is 193 cm³/mol. The molecule has 1 amide bonds. The number of thioether (sulfide) groups is 1. The minimum absolute atomic E-state index is 0.0393. The highest BCUT2D eigenvalue weighted by molar-refractivity contribution is 7.98.